The van der Waals surface area contributed by atoms with E-state index in [-0.39, 0.29) is 23.2 Å². The van der Waals surface area contributed by atoms with Crippen LogP contribution >= 0.6 is 11.6 Å². The second kappa shape index (κ2) is 7.63. The summed E-state index contributed by atoms with van der Waals surface area (Å²) >= 11 is 5.69. The fraction of sp³-hybridized carbons (Fsp3) is 0.250. The van der Waals surface area contributed by atoms with Crippen molar-refractivity contribution < 1.29 is 17.9 Å². The van der Waals surface area contributed by atoms with Gasteiger partial charge in [-0.05, 0) is 25.1 Å². The van der Waals surface area contributed by atoms with Crippen LogP contribution in [0.25, 0.3) is 0 Å². The number of aromatic nitrogens is 2. The monoisotopic (exact) mass is 357 g/mol. The minimum atomic E-state index is -4.57. The molecule has 0 aliphatic rings. The normalized spacial score (nSPS) is 13.8. The highest BCUT2D eigenvalue weighted by atomic mass is 35.5. The maximum Gasteiger partial charge on any atom is 0.418 e. The van der Waals surface area contributed by atoms with E-state index < -0.39 is 17.8 Å². The molecule has 1 atom stereocenters. The molecule has 0 aliphatic heterocycles. The number of halogens is 4. The number of imidazole rings is 1. The number of nitrogens with zero attached hydrogens (tertiary/aromatic N) is 3. The molecule has 1 aromatic heterocycles. The lowest BCUT2D eigenvalue weighted by Crippen LogP contribution is -2.27. The molecule has 0 fully saturated rings. The molecule has 0 N–H and O–H groups in total. The van der Waals surface area contributed by atoms with Gasteiger partial charge in [0.2, 0.25) is 0 Å². The van der Waals surface area contributed by atoms with E-state index >= 15 is 0 Å². The fourth-order valence-electron chi connectivity index (χ4n) is 2.00. The van der Waals surface area contributed by atoms with E-state index in [0.717, 1.165) is 6.07 Å². The van der Waals surface area contributed by atoms with Crippen LogP contribution in [0.5, 0.6) is 0 Å². The molecule has 4 nitrogen and oxygen atoms in total. The summed E-state index contributed by atoms with van der Waals surface area (Å²) in [7, 11) is 0. The van der Waals surface area contributed by atoms with Crippen molar-refractivity contribution in [3.8, 4) is 0 Å². The van der Waals surface area contributed by atoms with Crippen LogP contribution in [0, 0.1) is 0 Å². The van der Waals surface area contributed by atoms with Crippen molar-refractivity contribution in [2.24, 2.45) is 4.99 Å². The Morgan fingerprint density at radius 3 is 2.83 bits per heavy atom. The van der Waals surface area contributed by atoms with Gasteiger partial charge in [0.1, 0.15) is 18.3 Å². The average Bonchev–Trinajstić information content (AvgIpc) is 3.04. The summed E-state index contributed by atoms with van der Waals surface area (Å²) in [4.78, 5) is 8.06. The van der Waals surface area contributed by atoms with Crippen LogP contribution in [0.1, 0.15) is 12.5 Å². The van der Waals surface area contributed by atoms with Crippen LogP contribution in [0.15, 0.2) is 54.6 Å². The predicted octanol–water partition coefficient (Wildman–Crippen LogP) is 4.72. The van der Waals surface area contributed by atoms with Gasteiger partial charge in [0, 0.05) is 17.4 Å². The van der Waals surface area contributed by atoms with Gasteiger partial charge in [0.25, 0.3) is 0 Å². The molecule has 8 heteroatoms. The Kier molecular flexibility index (Phi) is 5.80. The molecule has 0 aliphatic carbocycles. The van der Waals surface area contributed by atoms with Gasteiger partial charge in [-0.25, -0.2) is 9.98 Å². The highest BCUT2D eigenvalue weighted by Gasteiger charge is 2.34. The SMILES string of the molecule is C=CCOC(C)C(=Nc1ccc(Cl)cc1C(F)(F)F)n1ccnc1. The van der Waals surface area contributed by atoms with Crippen molar-refractivity contribution in [1.82, 2.24) is 9.55 Å². The zero-order valence-electron chi connectivity index (χ0n) is 12.8. The Balaban J connectivity index is 2.52. The maximum atomic E-state index is 13.2. The van der Waals surface area contributed by atoms with Crippen LogP contribution in [-0.4, -0.2) is 28.1 Å². The first-order valence-corrected chi connectivity index (χ1v) is 7.37. The third-order valence-corrected chi connectivity index (χ3v) is 3.33. The molecule has 1 aromatic carbocycles. The molecule has 0 saturated heterocycles. The summed E-state index contributed by atoms with van der Waals surface area (Å²) in [5.41, 5.74) is -1.16. The van der Waals surface area contributed by atoms with Crippen LogP contribution in [0.2, 0.25) is 5.02 Å². The quantitative estimate of drug-likeness (QED) is 0.441. The summed E-state index contributed by atoms with van der Waals surface area (Å²) in [6, 6.07) is 3.43. The minimum absolute atomic E-state index is 0.0126. The highest BCUT2D eigenvalue weighted by Crippen LogP contribution is 2.38. The molecular weight excluding hydrogens is 343 g/mol. The predicted molar refractivity (Wildman–Crippen MR) is 86.8 cm³/mol. The van der Waals surface area contributed by atoms with Gasteiger partial charge in [0.15, 0.2) is 0 Å². The molecule has 0 spiro atoms. The van der Waals surface area contributed by atoms with Gasteiger partial charge < -0.3 is 4.74 Å². The van der Waals surface area contributed by atoms with E-state index in [9.17, 15) is 13.2 Å². The second-order valence-electron chi connectivity index (χ2n) is 4.86. The van der Waals surface area contributed by atoms with Crippen molar-refractivity contribution in [2.45, 2.75) is 19.2 Å². The first-order valence-electron chi connectivity index (χ1n) is 6.99. The van der Waals surface area contributed by atoms with E-state index in [1.807, 2.05) is 0 Å². The van der Waals surface area contributed by atoms with Gasteiger partial charge >= 0.3 is 6.18 Å². The Morgan fingerprint density at radius 1 is 1.50 bits per heavy atom. The van der Waals surface area contributed by atoms with Gasteiger partial charge in [-0.15, -0.1) is 6.58 Å². The molecule has 1 unspecified atom stereocenters. The smallest absolute Gasteiger partial charge is 0.367 e. The van der Waals surface area contributed by atoms with Gasteiger partial charge in [-0.3, -0.25) is 4.57 Å². The van der Waals surface area contributed by atoms with E-state index in [1.54, 1.807) is 19.2 Å². The van der Waals surface area contributed by atoms with E-state index in [0.29, 0.717) is 0 Å². The highest BCUT2D eigenvalue weighted by molar-refractivity contribution is 6.30. The number of rotatable bonds is 5. The van der Waals surface area contributed by atoms with Crippen LogP contribution in [0.4, 0.5) is 18.9 Å². The lowest BCUT2D eigenvalue weighted by molar-refractivity contribution is -0.137. The van der Waals surface area contributed by atoms with Gasteiger partial charge in [0.05, 0.1) is 17.9 Å². The van der Waals surface area contributed by atoms with Crippen LogP contribution in [0.3, 0.4) is 0 Å². The first-order chi connectivity index (χ1) is 11.3. The van der Waals surface area contributed by atoms with Crippen molar-refractivity contribution in [3.05, 3.63) is 60.2 Å². The summed E-state index contributed by atoms with van der Waals surface area (Å²) < 4.78 is 46.7. The summed E-state index contributed by atoms with van der Waals surface area (Å²) in [5.74, 6) is 0.266. The topological polar surface area (TPSA) is 39.4 Å². The van der Waals surface area contributed by atoms with Crippen molar-refractivity contribution in [1.29, 1.82) is 0 Å². The molecule has 0 saturated carbocycles. The molecule has 0 bridgehead atoms. The number of hydrogen-bond donors (Lipinski definition) is 0. The van der Waals surface area contributed by atoms with Gasteiger partial charge in [-0.1, -0.05) is 17.7 Å². The van der Waals surface area contributed by atoms with Crippen molar-refractivity contribution in [3.63, 3.8) is 0 Å². The van der Waals surface area contributed by atoms with Crippen molar-refractivity contribution in [2.75, 3.05) is 6.61 Å². The first kappa shape index (κ1) is 18.2. The number of ether oxygens (including phenoxy) is 1. The fourth-order valence-corrected chi connectivity index (χ4v) is 2.17. The number of aliphatic imine (C=N–C) groups is 1. The molecule has 2 aromatic rings. The summed E-state index contributed by atoms with van der Waals surface area (Å²) in [5, 5.41) is -0.0126. The largest absolute Gasteiger partial charge is 0.418 e. The van der Waals surface area contributed by atoms with Gasteiger partial charge in [-0.2, -0.15) is 13.2 Å². The van der Waals surface area contributed by atoms with Crippen LogP contribution < -0.4 is 0 Å². The average molecular weight is 358 g/mol. The zero-order chi connectivity index (χ0) is 17.7. The Bertz CT molecular complexity index is 727. The number of hydrogen-bond acceptors (Lipinski definition) is 3. The minimum Gasteiger partial charge on any atom is -0.367 e. The van der Waals surface area contributed by atoms with Crippen molar-refractivity contribution >= 4 is 23.1 Å². The zero-order valence-corrected chi connectivity index (χ0v) is 13.6. The second-order valence-corrected chi connectivity index (χ2v) is 5.30. The molecule has 24 heavy (non-hydrogen) atoms. The van der Waals surface area contributed by atoms with E-state index in [4.69, 9.17) is 16.3 Å². The Hall–Kier alpha value is -2.12. The number of alkyl halides is 3. The molecular formula is C16H15ClF3N3O. The molecule has 2 rings (SSSR count). The Labute approximate surface area is 142 Å². The lowest BCUT2D eigenvalue weighted by Gasteiger charge is -2.17. The third kappa shape index (κ3) is 4.46. The Morgan fingerprint density at radius 2 is 2.25 bits per heavy atom. The molecule has 128 valence electrons. The number of benzene rings is 1. The van der Waals surface area contributed by atoms with E-state index in [1.165, 1.54) is 29.2 Å². The standard InChI is InChI=1S/C16H15ClF3N3O/c1-3-8-24-11(2)15(23-7-6-21-10-23)22-14-5-4-12(17)9-13(14)16(18,19)20/h3-7,9-11H,1,8H2,2H3. The summed E-state index contributed by atoms with van der Waals surface area (Å²) in [6.07, 6.45) is 0.919. The lowest BCUT2D eigenvalue weighted by atomic mass is 10.1. The van der Waals surface area contributed by atoms with E-state index in [2.05, 4.69) is 16.6 Å². The molecule has 0 amide bonds. The molecule has 0 radical (unpaired) electrons. The molecule has 1 heterocycles. The summed E-state index contributed by atoms with van der Waals surface area (Å²) in [6.45, 7) is 5.47. The maximum absolute atomic E-state index is 13.2. The van der Waals surface area contributed by atoms with Crippen LogP contribution in [-0.2, 0) is 10.9 Å². The third-order valence-electron chi connectivity index (χ3n) is 3.10.